The highest BCUT2D eigenvalue weighted by Crippen LogP contribution is 2.21. The van der Waals surface area contributed by atoms with Crippen LogP contribution in [0.4, 0.5) is 0 Å². The van der Waals surface area contributed by atoms with Crippen LogP contribution >= 0.6 is 0 Å². The van der Waals surface area contributed by atoms with Gasteiger partial charge in [-0.1, -0.05) is 43.2 Å². The predicted octanol–water partition coefficient (Wildman–Crippen LogP) is 3.05. The zero-order valence-electron chi connectivity index (χ0n) is 19.0. The van der Waals surface area contributed by atoms with Gasteiger partial charge in [0.2, 0.25) is 10.0 Å². The van der Waals surface area contributed by atoms with Crippen LogP contribution in [0.1, 0.15) is 47.6 Å². The van der Waals surface area contributed by atoms with E-state index in [0.29, 0.717) is 38.4 Å². The maximum absolute atomic E-state index is 13.1. The number of carbonyl (C=O) groups is 1. The van der Waals surface area contributed by atoms with Crippen LogP contribution in [0.25, 0.3) is 0 Å². The highest BCUT2D eigenvalue weighted by atomic mass is 32.2. The topological polar surface area (TPSA) is 79.0 Å². The second-order valence-corrected chi connectivity index (χ2v) is 10.6. The minimum Gasteiger partial charge on any atom is -0.379 e. The van der Waals surface area contributed by atoms with Crippen LogP contribution < -0.4 is 5.32 Å². The van der Waals surface area contributed by atoms with Crippen LogP contribution in [0.2, 0.25) is 0 Å². The molecule has 2 fully saturated rings. The quantitative estimate of drug-likeness (QED) is 0.672. The summed E-state index contributed by atoms with van der Waals surface area (Å²) in [6, 6.07) is 16.1. The summed E-state index contributed by atoms with van der Waals surface area (Å²) in [4.78, 5) is 15.6. The van der Waals surface area contributed by atoms with E-state index in [1.165, 1.54) is 0 Å². The normalized spacial score (nSPS) is 19.5. The Morgan fingerprint density at radius 3 is 2.15 bits per heavy atom. The van der Waals surface area contributed by atoms with Gasteiger partial charge in [0.1, 0.15) is 0 Å². The lowest BCUT2D eigenvalue weighted by atomic mass is 10.1. The minimum atomic E-state index is -3.53. The highest BCUT2D eigenvalue weighted by Gasteiger charge is 2.26. The lowest BCUT2D eigenvalue weighted by Crippen LogP contribution is -2.43. The number of sulfonamides is 1. The summed E-state index contributed by atoms with van der Waals surface area (Å²) in [5.74, 6) is -0.212. The summed E-state index contributed by atoms with van der Waals surface area (Å²) in [5.41, 5.74) is 1.49. The van der Waals surface area contributed by atoms with Gasteiger partial charge >= 0.3 is 0 Å². The molecule has 4 rings (SSSR count). The number of morpholine rings is 1. The van der Waals surface area contributed by atoms with E-state index >= 15 is 0 Å². The first kappa shape index (κ1) is 23.9. The van der Waals surface area contributed by atoms with Gasteiger partial charge in [-0.15, -0.1) is 0 Å². The third-order valence-corrected chi connectivity index (χ3v) is 8.28. The molecule has 7 nitrogen and oxygen atoms in total. The molecule has 2 saturated heterocycles. The van der Waals surface area contributed by atoms with Gasteiger partial charge in [-0.05, 0) is 42.7 Å². The van der Waals surface area contributed by atoms with Gasteiger partial charge in [0.25, 0.3) is 5.91 Å². The fourth-order valence-electron chi connectivity index (χ4n) is 4.41. The molecule has 2 heterocycles. The maximum Gasteiger partial charge on any atom is 0.251 e. The predicted molar refractivity (Wildman–Crippen MR) is 128 cm³/mol. The van der Waals surface area contributed by atoms with Crippen LogP contribution in [0.15, 0.2) is 59.5 Å². The van der Waals surface area contributed by atoms with Gasteiger partial charge in [-0.2, -0.15) is 4.31 Å². The average Bonchev–Trinajstić information content (AvgIpc) is 3.15. The SMILES string of the molecule is O=C(N[C@@H](CN1CCOCC1)c1ccccc1)c1ccc(S(=O)(=O)N2CCCCCC2)cc1. The number of amides is 1. The largest absolute Gasteiger partial charge is 0.379 e. The van der Waals surface area contributed by atoms with Gasteiger partial charge < -0.3 is 10.1 Å². The van der Waals surface area contributed by atoms with E-state index in [1.54, 1.807) is 28.6 Å². The number of rotatable bonds is 7. The molecule has 178 valence electrons. The number of ether oxygens (including phenoxy) is 1. The fourth-order valence-corrected chi connectivity index (χ4v) is 5.93. The number of benzene rings is 2. The summed E-state index contributed by atoms with van der Waals surface area (Å²) in [6.45, 7) is 4.88. The fraction of sp³-hybridized carbons (Fsp3) is 0.480. The lowest BCUT2D eigenvalue weighted by molar-refractivity contribution is 0.0332. The standard InChI is InChI=1S/C25H33N3O4S/c29-25(26-24(21-8-4-3-5-9-21)20-27-16-18-32-19-17-27)22-10-12-23(13-11-22)33(30,31)28-14-6-1-2-7-15-28/h3-5,8-13,24H,1-2,6-7,14-20H2,(H,26,29)/t24-/m0/s1. The molecule has 2 aliphatic heterocycles. The van der Waals surface area contributed by atoms with Crippen molar-refractivity contribution in [2.24, 2.45) is 0 Å². The van der Waals surface area contributed by atoms with Crippen molar-refractivity contribution in [1.29, 1.82) is 0 Å². The molecular formula is C25H33N3O4S. The Morgan fingerprint density at radius 1 is 0.879 bits per heavy atom. The Balaban J connectivity index is 1.46. The second kappa shape index (κ2) is 11.2. The highest BCUT2D eigenvalue weighted by molar-refractivity contribution is 7.89. The van der Waals surface area contributed by atoms with Crippen molar-refractivity contribution in [2.75, 3.05) is 45.9 Å². The molecule has 1 N–H and O–H groups in total. The molecule has 33 heavy (non-hydrogen) atoms. The summed E-state index contributed by atoms with van der Waals surface area (Å²) in [7, 11) is -3.53. The van der Waals surface area contributed by atoms with Gasteiger partial charge in [0.05, 0.1) is 24.2 Å². The molecule has 0 radical (unpaired) electrons. The van der Waals surface area contributed by atoms with Crippen LogP contribution in [0, 0.1) is 0 Å². The number of nitrogens with zero attached hydrogens (tertiary/aromatic N) is 2. The molecule has 2 aliphatic rings. The molecule has 2 aromatic carbocycles. The van der Waals surface area contributed by atoms with E-state index < -0.39 is 10.0 Å². The van der Waals surface area contributed by atoms with Crippen molar-refractivity contribution in [2.45, 2.75) is 36.6 Å². The van der Waals surface area contributed by atoms with Crippen molar-refractivity contribution in [3.8, 4) is 0 Å². The number of hydrogen-bond donors (Lipinski definition) is 1. The third-order valence-electron chi connectivity index (χ3n) is 6.37. The monoisotopic (exact) mass is 471 g/mol. The summed E-state index contributed by atoms with van der Waals surface area (Å²) in [6.07, 6.45) is 3.92. The maximum atomic E-state index is 13.1. The molecule has 0 bridgehead atoms. The Bertz CT molecular complexity index is 998. The molecule has 0 spiro atoms. The van der Waals surface area contributed by atoms with Gasteiger partial charge in [0, 0.05) is 38.3 Å². The number of nitrogens with one attached hydrogen (secondary N) is 1. The van der Waals surface area contributed by atoms with Crippen molar-refractivity contribution in [1.82, 2.24) is 14.5 Å². The van der Waals surface area contributed by atoms with Crippen LogP contribution in [0.5, 0.6) is 0 Å². The summed E-state index contributed by atoms with van der Waals surface area (Å²) >= 11 is 0. The molecule has 1 amide bonds. The molecular weight excluding hydrogens is 438 g/mol. The first-order chi connectivity index (χ1) is 16.0. The first-order valence-corrected chi connectivity index (χ1v) is 13.2. The van der Waals surface area contributed by atoms with E-state index in [0.717, 1.165) is 44.3 Å². The Morgan fingerprint density at radius 2 is 1.52 bits per heavy atom. The molecule has 0 aliphatic carbocycles. The smallest absolute Gasteiger partial charge is 0.251 e. The van der Waals surface area contributed by atoms with Crippen molar-refractivity contribution in [3.05, 3.63) is 65.7 Å². The summed E-state index contributed by atoms with van der Waals surface area (Å²) < 4.78 is 33.0. The van der Waals surface area contributed by atoms with E-state index in [4.69, 9.17) is 4.74 Å². The number of carbonyl (C=O) groups excluding carboxylic acids is 1. The van der Waals surface area contributed by atoms with Gasteiger partial charge in [0.15, 0.2) is 0 Å². The molecule has 0 unspecified atom stereocenters. The van der Waals surface area contributed by atoms with E-state index in [1.807, 2.05) is 30.3 Å². The molecule has 0 aromatic heterocycles. The zero-order valence-corrected chi connectivity index (χ0v) is 19.8. The van der Waals surface area contributed by atoms with E-state index in [2.05, 4.69) is 10.2 Å². The molecule has 2 aromatic rings. The Hall–Kier alpha value is -2.26. The van der Waals surface area contributed by atoms with E-state index in [-0.39, 0.29) is 16.8 Å². The van der Waals surface area contributed by atoms with Crippen molar-refractivity contribution in [3.63, 3.8) is 0 Å². The lowest BCUT2D eigenvalue weighted by Gasteiger charge is -2.31. The van der Waals surface area contributed by atoms with Crippen LogP contribution in [0.3, 0.4) is 0 Å². The van der Waals surface area contributed by atoms with Gasteiger partial charge in [-0.3, -0.25) is 9.69 Å². The zero-order chi connectivity index (χ0) is 23.1. The molecule has 8 heteroatoms. The Labute approximate surface area is 196 Å². The number of hydrogen-bond acceptors (Lipinski definition) is 5. The third kappa shape index (κ3) is 6.20. The first-order valence-electron chi connectivity index (χ1n) is 11.8. The van der Waals surface area contributed by atoms with Crippen LogP contribution in [-0.4, -0.2) is 69.5 Å². The molecule has 0 saturated carbocycles. The van der Waals surface area contributed by atoms with Gasteiger partial charge in [-0.25, -0.2) is 8.42 Å². The average molecular weight is 472 g/mol. The van der Waals surface area contributed by atoms with Crippen molar-refractivity contribution >= 4 is 15.9 Å². The van der Waals surface area contributed by atoms with E-state index in [9.17, 15) is 13.2 Å². The minimum absolute atomic E-state index is 0.169. The Kier molecular flexibility index (Phi) is 8.14. The van der Waals surface area contributed by atoms with Crippen molar-refractivity contribution < 1.29 is 17.9 Å². The second-order valence-electron chi connectivity index (χ2n) is 8.69. The van der Waals surface area contributed by atoms with Crippen LogP contribution in [-0.2, 0) is 14.8 Å². The summed E-state index contributed by atoms with van der Waals surface area (Å²) in [5, 5.41) is 3.15. The molecule has 1 atom stereocenters.